The molecule has 0 radical (unpaired) electrons. The molecule has 4 rings (SSSR count). The van der Waals surface area contributed by atoms with Crippen LogP contribution in [0.5, 0.6) is 0 Å². The van der Waals surface area contributed by atoms with Gasteiger partial charge in [-0.25, -0.2) is 19.5 Å². The van der Waals surface area contributed by atoms with Gasteiger partial charge in [0.05, 0.1) is 23.0 Å². The molecule has 0 spiro atoms. The molecule has 0 N–H and O–H groups in total. The van der Waals surface area contributed by atoms with E-state index < -0.39 is 0 Å². The van der Waals surface area contributed by atoms with Crippen molar-refractivity contribution in [2.45, 2.75) is 19.4 Å². The van der Waals surface area contributed by atoms with Gasteiger partial charge in [0, 0.05) is 37.0 Å². The molecule has 23 heavy (non-hydrogen) atoms. The van der Waals surface area contributed by atoms with Crippen LogP contribution in [0.15, 0.2) is 31.0 Å². The number of carbonyl (C=O) groups excluding carboxylic acids is 1. The van der Waals surface area contributed by atoms with Crippen molar-refractivity contribution >= 4 is 23.2 Å². The minimum atomic E-state index is -0.131. The summed E-state index contributed by atoms with van der Waals surface area (Å²) in [7, 11) is 0. The SMILES string of the molecule is CC1c2cncnc2CCN1C(=O)c1cc2ncc(Cl)cn2n1. The molecule has 4 heterocycles. The molecular formula is C15H13ClN6O. The lowest BCUT2D eigenvalue weighted by atomic mass is 9.99. The molecule has 0 saturated carbocycles. The summed E-state index contributed by atoms with van der Waals surface area (Å²) in [4.78, 5) is 27.1. The van der Waals surface area contributed by atoms with Gasteiger partial charge in [-0.3, -0.25) is 4.79 Å². The summed E-state index contributed by atoms with van der Waals surface area (Å²) < 4.78 is 1.52. The fourth-order valence-corrected chi connectivity index (χ4v) is 3.04. The normalized spacial score (nSPS) is 17.3. The molecule has 1 atom stereocenters. The van der Waals surface area contributed by atoms with Crippen LogP contribution in [0.2, 0.25) is 5.02 Å². The number of hydrogen-bond donors (Lipinski definition) is 0. The highest BCUT2D eigenvalue weighted by molar-refractivity contribution is 6.30. The van der Waals surface area contributed by atoms with E-state index in [2.05, 4.69) is 20.1 Å². The lowest BCUT2D eigenvalue weighted by molar-refractivity contribution is 0.0669. The van der Waals surface area contributed by atoms with Gasteiger partial charge in [0.1, 0.15) is 6.33 Å². The van der Waals surface area contributed by atoms with Crippen molar-refractivity contribution in [1.29, 1.82) is 0 Å². The van der Waals surface area contributed by atoms with E-state index in [1.54, 1.807) is 29.7 Å². The van der Waals surface area contributed by atoms with Crippen molar-refractivity contribution in [2.24, 2.45) is 0 Å². The molecule has 3 aromatic rings. The highest BCUT2D eigenvalue weighted by Gasteiger charge is 2.30. The van der Waals surface area contributed by atoms with Crippen molar-refractivity contribution in [1.82, 2.24) is 29.5 Å². The fourth-order valence-electron chi connectivity index (χ4n) is 2.89. The minimum absolute atomic E-state index is 0.0891. The molecule has 0 fully saturated rings. The highest BCUT2D eigenvalue weighted by Crippen LogP contribution is 2.28. The largest absolute Gasteiger partial charge is 0.330 e. The molecule has 0 aliphatic carbocycles. The second kappa shape index (κ2) is 5.27. The Bertz CT molecular complexity index is 908. The molecule has 3 aromatic heterocycles. The van der Waals surface area contributed by atoms with Gasteiger partial charge in [0.15, 0.2) is 11.3 Å². The summed E-state index contributed by atoms with van der Waals surface area (Å²) in [6, 6.07) is 1.58. The van der Waals surface area contributed by atoms with Gasteiger partial charge in [0.2, 0.25) is 0 Å². The molecule has 1 amide bonds. The van der Waals surface area contributed by atoms with E-state index in [0.717, 1.165) is 11.3 Å². The molecular weight excluding hydrogens is 316 g/mol. The van der Waals surface area contributed by atoms with Crippen molar-refractivity contribution in [2.75, 3.05) is 6.54 Å². The lowest BCUT2D eigenvalue weighted by Crippen LogP contribution is -2.39. The third-order valence-corrected chi connectivity index (χ3v) is 4.29. The summed E-state index contributed by atoms with van der Waals surface area (Å²) in [5.41, 5.74) is 2.93. The lowest BCUT2D eigenvalue weighted by Gasteiger charge is -2.33. The second-order valence-corrected chi connectivity index (χ2v) is 5.89. The van der Waals surface area contributed by atoms with Gasteiger partial charge in [-0.05, 0) is 6.92 Å². The average molecular weight is 329 g/mol. The number of carbonyl (C=O) groups is 1. The number of nitrogens with zero attached hydrogens (tertiary/aromatic N) is 6. The Morgan fingerprint density at radius 2 is 2.22 bits per heavy atom. The number of hydrogen-bond acceptors (Lipinski definition) is 5. The molecule has 1 aliphatic rings. The number of halogens is 1. The Morgan fingerprint density at radius 3 is 3.09 bits per heavy atom. The van der Waals surface area contributed by atoms with Crippen LogP contribution in [0.3, 0.4) is 0 Å². The summed E-state index contributed by atoms with van der Waals surface area (Å²) >= 11 is 5.90. The van der Waals surface area contributed by atoms with Crippen LogP contribution in [-0.2, 0) is 6.42 Å². The van der Waals surface area contributed by atoms with Crippen LogP contribution < -0.4 is 0 Å². The van der Waals surface area contributed by atoms with Crippen molar-refractivity contribution in [3.05, 3.63) is 53.0 Å². The van der Waals surface area contributed by atoms with Gasteiger partial charge in [-0.2, -0.15) is 5.10 Å². The monoisotopic (exact) mass is 328 g/mol. The molecule has 0 saturated heterocycles. The van der Waals surface area contributed by atoms with Crippen LogP contribution in [0.25, 0.3) is 5.65 Å². The van der Waals surface area contributed by atoms with E-state index in [1.807, 2.05) is 6.92 Å². The van der Waals surface area contributed by atoms with E-state index in [0.29, 0.717) is 29.3 Å². The van der Waals surface area contributed by atoms with E-state index >= 15 is 0 Å². The van der Waals surface area contributed by atoms with Crippen LogP contribution in [0.4, 0.5) is 0 Å². The predicted molar refractivity (Wildman–Crippen MR) is 83.2 cm³/mol. The highest BCUT2D eigenvalue weighted by atomic mass is 35.5. The first-order valence-corrected chi connectivity index (χ1v) is 7.62. The van der Waals surface area contributed by atoms with Crippen LogP contribution in [0.1, 0.15) is 34.7 Å². The summed E-state index contributed by atoms with van der Waals surface area (Å²) in [5.74, 6) is -0.131. The summed E-state index contributed by atoms with van der Waals surface area (Å²) in [6.07, 6.45) is 7.19. The van der Waals surface area contributed by atoms with Gasteiger partial charge in [0.25, 0.3) is 5.91 Å². The molecule has 116 valence electrons. The molecule has 0 bridgehead atoms. The Kier molecular flexibility index (Phi) is 3.23. The van der Waals surface area contributed by atoms with Crippen LogP contribution in [0, 0.1) is 0 Å². The molecule has 0 aromatic carbocycles. The fraction of sp³-hybridized carbons (Fsp3) is 0.267. The third-order valence-electron chi connectivity index (χ3n) is 4.10. The smallest absolute Gasteiger partial charge is 0.274 e. The number of rotatable bonds is 1. The van der Waals surface area contributed by atoms with Crippen LogP contribution >= 0.6 is 11.6 Å². The molecule has 1 unspecified atom stereocenters. The van der Waals surface area contributed by atoms with E-state index in [-0.39, 0.29) is 11.9 Å². The first-order valence-electron chi connectivity index (χ1n) is 7.24. The van der Waals surface area contributed by atoms with Crippen molar-refractivity contribution in [3.8, 4) is 0 Å². The van der Waals surface area contributed by atoms with Gasteiger partial charge in [-0.1, -0.05) is 11.6 Å². The predicted octanol–water partition coefficient (Wildman–Crippen LogP) is 1.93. The zero-order chi connectivity index (χ0) is 16.0. The van der Waals surface area contributed by atoms with Gasteiger partial charge in [-0.15, -0.1) is 0 Å². The third kappa shape index (κ3) is 2.33. The Morgan fingerprint density at radius 1 is 1.35 bits per heavy atom. The maximum Gasteiger partial charge on any atom is 0.274 e. The number of fused-ring (bicyclic) bond motifs is 2. The maximum absolute atomic E-state index is 12.8. The topological polar surface area (TPSA) is 76.3 Å². The van der Waals surface area contributed by atoms with Gasteiger partial charge >= 0.3 is 0 Å². The Balaban J connectivity index is 1.68. The first kappa shape index (κ1) is 14.1. The van der Waals surface area contributed by atoms with E-state index in [1.165, 1.54) is 10.7 Å². The zero-order valence-corrected chi connectivity index (χ0v) is 13.1. The Labute approximate surface area is 136 Å². The number of amides is 1. The van der Waals surface area contributed by atoms with E-state index in [9.17, 15) is 4.79 Å². The van der Waals surface area contributed by atoms with Gasteiger partial charge < -0.3 is 4.90 Å². The number of aromatic nitrogens is 5. The van der Waals surface area contributed by atoms with Crippen LogP contribution in [-0.4, -0.2) is 41.9 Å². The maximum atomic E-state index is 12.8. The van der Waals surface area contributed by atoms with Crippen molar-refractivity contribution in [3.63, 3.8) is 0 Å². The average Bonchev–Trinajstić information content (AvgIpc) is 2.98. The Hall–Kier alpha value is -2.54. The minimum Gasteiger partial charge on any atom is -0.330 e. The van der Waals surface area contributed by atoms with Crippen molar-refractivity contribution < 1.29 is 4.79 Å². The summed E-state index contributed by atoms with van der Waals surface area (Å²) in [6.45, 7) is 2.58. The zero-order valence-electron chi connectivity index (χ0n) is 12.3. The molecule has 8 heteroatoms. The molecule has 7 nitrogen and oxygen atoms in total. The first-order chi connectivity index (χ1) is 11.1. The second-order valence-electron chi connectivity index (χ2n) is 5.45. The summed E-state index contributed by atoms with van der Waals surface area (Å²) in [5, 5.41) is 4.76. The quantitative estimate of drug-likeness (QED) is 0.682. The van der Waals surface area contributed by atoms with E-state index in [4.69, 9.17) is 11.6 Å². The standard InChI is InChI=1S/C15H13ClN6O/c1-9-11-6-17-8-19-12(11)2-3-21(9)15(23)13-4-14-18-5-10(16)7-22(14)20-13/h4-9H,2-3H2,1H3. The molecule has 1 aliphatic heterocycles.